The Morgan fingerprint density at radius 2 is 2.23 bits per heavy atom. The van der Waals surface area contributed by atoms with Gasteiger partial charge < -0.3 is 4.74 Å². The molecule has 0 radical (unpaired) electrons. The van der Waals surface area contributed by atoms with Crippen LogP contribution < -0.4 is 0 Å². The predicted octanol–water partition coefficient (Wildman–Crippen LogP) is 2.03. The number of carbonyl (C=O) groups is 1. The van der Waals surface area contributed by atoms with E-state index in [1.165, 1.54) is 7.11 Å². The summed E-state index contributed by atoms with van der Waals surface area (Å²) >= 11 is 1.77. The Labute approximate surface area is 82.2 Å². The van der Waals surface area contributed by atoms with Crippen molar-refractivity contribution in [2.75, 3.05) is 18.6 Å². The molecule has 13 heavy (non-hydrogen) atoms. The summed E-state index contributed by atoms with van der Waals surface area (Å²) in [6.45, 7) is 0. The largest absolute Gasteiger partial charge is 0.469 e. The lowest BCUT2D eigenvalue weighted by Crippen LogP contribution is -2.20. The maximum Gasteiger partial charge on any atom is 0.305 e. The van der Waals surface area contributed by atoms with Gasteiger partial charge in [-0.2, -0.15) is 11.8 Å². The molecule has 1 fully saturated rings. The van der Waals surface area contributed by atoms with Crippen molar-refractivity contribution in [1.82, 2.24) is 0 Å². The molecule has 0 amide bonds. The van der Waals surface area contributed by atoms with E-state index < -0.39 is 6.17 Å². The number of alkyl halides is 1. The summed E-state index contributed by atoms with van der Waals surface area (Å²) in [4.78, 5) is 10.9. The molecule has 2 atom stereocenters. The number of ether oxygens (including phenoxy) is 1. The third-order valence-electron chi connectivity index (χ3n) is 2.34. The fourth-order valence-corrected chi connectivity index (χ4v) is 2.54. The predicted molar refractivity (Wildman–Crippen MR) is 51.6 cm³/mol. The molecule has 0 aromatic heterocycles. The zero-order valence-electron chi connectivity index (χ0n) is 7.79. The number of carbonyl (C=O) groups excluding carboxylic acids is 1. The second-order valence-corrected chi connectivity index (χ2v) is 4.47. The van der Waals surface area contributed by atoms with Gasteiger partial charge in [0.15, 0.2) is 0 Å². The normalized spacial score (nSPS) is 29.4. The van der Waals surface area contributed by atoms with Crippen molar-refractivity contribution in [1.29, 1.82) is 0 Å². The third-order valence-corrected chi connectivity index (χ3v) is 3.39. The summed E-state index contributed by atoms with van der Waals surface area (Å²) in [5, 5.41) is 0. The van der Waals surface area contributed by atoms with Gasteiger partial charge in [0, 0.05) is 5.92 Å². The summed E-state index contributed by atoms with van der Waals surface area (Å²) in [7, 11) is 1.35. The van der Waals surface area contributed by atoms with Crippen LogP contribution in [0.4, 0.5) is 4.39 Å². The van der Waals surface area contributed by atoms with Gasteiger partial charge in [0.1, 0.15) is 6.17 Å². The minimum absolute atomic E-state index is 0.123. The van der Waals surface area contributed by atoms with Crippen molar-refractivity contribution >= 4 is 17.7 Å². The van der Waals surface area contributed by atoms with Gasteiger partial charge in [-0.25, -0.2) is 4.39 Å². The van der Waals surface area contributed by atoms with Crippen LogP contribution in [0.3, 0.4) is 0 Å². The van der Waals surface area contributed by atoms with Gasteiger partial charge in [0.2, 0.25) is 0 Å². The van der Waals surface area contributed by atoms with E-state index in [-0.39, 0.29) is 18.3 Å². The van der Waals surface area contributed by atoms with Crippen LogP contribution in [-0.4, -0.2) is 30.8 Å². The Bertz CT molecular complexity index is 175. The van der Waals surface area contributed by atoms with E-state index in [1.807, 2.05) is 0 Å². The minimum Gasteiger partial charge on any atom is -0.469 e. The first-order valence-electron chi connectivity index (χ1n) is 4.52. The van der Waals surface area contributed by atoms with Crippen LogP contribution in [-0.2, 0) is 9.53 Å². The van der Waals surface area contributed by atoms with Gasteiger partial charge in [-0.15, -0.1) is 0 Å². The van der Waals surface area contributed by atoms with Crippen molar-refractivity contribution in [2.45, 2.75) is 25.4 Å². The summed E-state index contributed by atoms with van der Waals surface area (Å²) in [5.41, 5.74) is 0. The lowest BCUT2D eigenvalue weighted by molar-refractivity contribution is -0.142. The number of thioether (sulfide) groups is 1. The highest BCUT2D eigenvalue weighted by Gasteiger charge is 2.25. The number of rotatable bonds is 2. The van der Waals surface area contributed by atoms with Gasteiger partial charge in [0.25, 0.3) is 0 Å². The minimum atomic E-state index is -0.825. The first-order chi connectivity index (χ1) is 6.24. The Morgan fingerprint density at radius 1 is 1.54 bits per heavy atom. The van der Waals surface area contributed by atoms with Crippen LogP contribution in [0.5, 0.6) is 0 Å². The molecule has 0 aliphatic carbocycles. The second-order valence-electron chi connectivity index (χ2n) is 3.25. The number of halogens is 1. The van der Waals surface area contributed by atoms with Gasteiger partial charge in [-0.05, 0) is 24.3 Å². The standard InChI is InChI=1S/C9H15FO2S/c1-12-9(11)6-7-2-4-13-5-3-8(7)10/h7-8H,2-6H2,1H3. The monoisotopic (exact) mass is 206 g/mol. The molecule has 0 bridgehead atoms. The molecular formula is C9H15FO2S. The third kappa shape index (κ3) is 3.55. The number of hydrogen-bond acceptors (Lipinski definition) is 3. The zero-order chi connectivity index (χ0) is 9.68. The fourth-order valence-electron chi connectivity index (χ4n) is 1.48. The highest BCUT2D eigenvalue weighted by molar-refractivity contribution is 7.99. The van der Waals surface area contributed by atoms with E-state index in [4.69, 9.17) is 0 Å². The molecule has 0 aromatic carbocycles. The lowest BCUT2D eigenvalue weighted by Gasteiger charge is -2.15. The molecule has 1 saturated heterocycles. The summed E-state index contributed by atoms with van der Waals surface area (Å²) in [5.74, 6) is 1.42. The van der Waals surface area contributed by atoms with E-state index in [1.54, 1.807) is 11.8 Å². The van der Waals surface area contributed by atoms with Crippen LogP contribution in [0.1, 0.15) is 19.3 Å². The quantitative estimate of drug-likeness (QED) is 0.647. The SMILES string of the molecule is COC(=O)CC1CCSCCC1F. The highest BCUT2D eigenvalue weighted by atomic mass is 32.2. The highest BCUT2D eigenvalue weighted by Crippen LogP contribution is 2.27. The van der Waals surface area contributed by atoms with Crippen LogP contribution in [0.2, 0.25) is 0 Å². The number of hydrogen-bond donors (Lipinski definition) is 0. The number of methoxy groups -OCH3 is 1. The van der Waals surface area contributed by atoms with Crippen molar-refractivity contribution in [3.05, 3.63) is 0 Å². The van der Waals surface area contributed by atoms with Crippen molar-refractivity contribution in [2.24, 2.45) is 5.92 Å². The summed E-state index contributed by atoms with van der Waals surface area (Å²) in [6.07, 6.45) is 0.778. The van der Waals surface area contributed by atoms with Crippen LogP contribution >= 0.6 is 11.8 Å². The van der Waals surface area contributed by atoms with E-state index in [0.29, 0.717) is 6.42 Å². The van der Waals surface area contributed by atoms with Crippen LogP contribution in [0, 0.1) is 5.92 Å². The smallest absolute Gasteiger partial charge is 0.305 e. The van der Waals surface area contributed by atoms with Crippen molar-refractivity contribution < 1.29 is 13.9 Å². The first kappa shape index (κ1) is 10.8. The van der Waals surface area contributed by atoms with Gasteiger partial charge >= 0.3 is 5.97 Å². The van der Waals surface area contributed by atoms with Crippen LogP contribution in [0.25, 0.3) is 0 Å². The van der Waals surface area contributed by atoms with Crippen molar-refractivity contribution in [3.8, 4) is 0 Å². The van der Waals surface area contributed by atoms with Gasteiger partial charge in [-0.3, -0.25) is 4.79 Å². The number of esters is 1. The Morgan fingerprint density at radius 3 is 2.92 bits per heavy atom. The maximum absolute atomic E-state index is 13.4. The molecule has 76 valence electrons. The average molecular weight is 206 g/mol. The fraction of sp³-hybridized carbons (Fsp3) is 0.889. The molecule has 4 heteroatoms. The molecule has 0 saturated carbocycles. The van der Waals surface area contributed by atoms with Crippen molar-refractivity contribution in [3.63, 3.8) is 0 Å². The molecule has 2 nitrogen and oxygen atoms in total. The molecule has 1 aliphatic rings. The molecule has 1 rings (SSSR count). The molecule has 1 heterocycles. The van der Waals surface area contributed by atoms with E-state index >= 15 is 0 Å². The van der Waals surface area contributed by atoms with Gasteiger partial charge in [-0.1, -0.05) is 0 Å². The maximum atomic E-state index is 13.4. The van der Waals surface area contributed by atoms with Gasteiger partial charge in [0.05, 0.1) is 13.5 Å². The zero-order valence-corrected chi connectivity index (χ0v) is 8.61. The molecule has 0 N–H and O–H groups in total. The summed E-state index contributed by atoms with van der Waals surface area (Å²) in [6, 6.07) is 0. The molecule has 0 spiro atoms. The lowest BCUT2D eigenvalue weighted by atomic mass is 9.95. The topological polar surface area (TPSA) is 26.3 Å². The Balaban J connectivity index is 2.40. The molecule has 1 aliphatic heterocycles. The molecule has 0 aromatic rings. The summed E-state index contributed by atoms with van der Waals surface area (Å²) < 4.78 is 17.9. The Kier molecular flexibility index (Phi) is 4.56. The average Bonchev–Trinajstić information content (AvgIpc) is 2.32. The Hall–Kier alpha value is -0.250. The van der Waals surface area contributed by atoms with Crippen LogP contribution in [0.15, 0.2) is 0 Å². The van der Waals surface area contributed by atoms with E-state index in [9.17, 15) is 9.18 Å². The second kappa shape index (κ2) is 5.47. The first-order valence-corrected chi connectivity index (χ1v) is 5.68. The van der Waals surface area contributed by atoms with E-state index in [0.717, 1.165) is 17.9 Å². The van der Waals surface area contributed by atoms with E-state index in [2.05, 4.69) is 4.74 Å². The molecular weight excluding hydrogens is 191 g/mol. The molecule has 2 unspecified atom stereocenters.